The van der Waals surface area contributed by atoms with Crippen LogP contribution < -0.4 is 5.11 Å². The Morgan fingerprint density at radius 3 is 1.62 bits per heavy atom. The summed E-state index contributed by atoms with van der Waals surface area (Å²) in [5.74, 6) is -1.80. The minimum absolute atomic E-state index is 0.0339. The number of rotatable bonds is 34. The van der Waals surface area contributed by atoms with Gasteiger partial charge >= 0.3 is 11.9 Å². The Bertz CT molecular complexity index is 793. The van der Waals surface area contributed by atoms with Gasteiger partial charge in [-0.15, -0.1) is 0 Å². The van der Waals surface area contributed by atoms with E-state index in [0.717, 1.165) is 32.1 Å². The maximum atomic E-state index is 12.6. The molecular formula is C39H73NO7. The van der Waals surface area contributed by atoms with Gasteiger partial charge in [-0.1, -0.05) is 135 Å². The van der Waals surface area contributed by atoms with Crippen LogP contribution in [0.5, 0.6) is 0 Å². The lowest BCUT2D eigenvalue weighted by molar-refractivity contribution is -0.889. The number of aliphatic carboxylic acids is 1. The third-order valence-electron chi connectivity index (χ3n) is 8.67. The van der Waals surface area contributed by atoms with Crippen molar-refractivity contribution >= 4 is 17.9 Å². The van der Waals surface area contributed by atoms with Gasteiger partial charge in [-0.25, -0.2) is 0 Å². The molecule has 0 aromatic heterocycles. The van der Waals surface area contributed by atoms with Gasteiger partial charge in [0.05, 0.1) is 40.3 Å². The third kappa shape index (κ3) is 29.9. The van der Waals surface area contributed by atoms with Crippen LogP contribution in [0, 0.1) is 0 Å². The van der Waals surface area contributed by atoms with Gasteiger partial charge in [0.25, 0.3) is 0 Å². The van der Waals surface area contributed by atoms with Crippen LogP contribution in [0.25, 0.3) is 0 Å². The van der Waals surface area contributed by atoms with Crippen LogP contribution in [0.3, 0.4) is 0 Å². The number of likely N-dealkylation sites (N-methyl/N-ethyl adjacent to an activating group) is 1. The first kappa shape index (κ1) is 45.1. The lowest BCUT2D eigenvalue weighted by Crippen LogP contribution is -2.55. The van der Waals surface area contributed by atoms with E-state index in [4.69, 9.17) is 14.2 Å². The smallest absolute Gasteiger partial charge is 0.306 e. The highest BCUT2D eigenvalue weighted by Crippen LogP contribution is 2.15. The molecule has 0 amide bonds. The molecule has 0 fully saturated rings. The monoisotopic (exact) mass is 668 g/mol. The van der Waals surface area contributed by atoms with Crippen molar-refractivity contribution in [2.75, 3.05) is 41.0 Å². The molecule has 0 spiro atoms. The zero-order valence-corrected chi connectivity index (χ0v) is 31.2. The quantitative estimate of drug-likeness (QED) is 0.0295. The van der Waals surface area contributed by atoms with Crippen LogP contribution in [0.4, 0.5) is 0 Å². The van der Waals surface area contributed by atoms with Crippen molar-refractivity contribution in [3.63, 3.8) is 0 Å². The molecule has 0 bridgehead atoms. The van der Waals surface area contributed by atoms with Crippen molar-refractivity contribution in [3.05, 3.63) is 12.2 Å². The molecule has 0 N–H and O–H groups in total. The largest absolute Gasteiger partial charge is 0.544 e. The number of quaternary nitrogens is 1. The average molecular weight is 668 g/mol. The molecule has 0 rings (SSSR count). The molecular weight excluding hydrogens is 594 g/mol. The molecule has 0 radical (unpaired) electrons. The number of carboxylic acids is 1. The molecule has 0 aliphatic rings. The maximum absolute atomic E-state index is 12.6. The summed E-state index contributed by atoms with van der Waals surface area (Å²) in [4.78, 5) is 36.5. The minimum atomic E-state index is -1.13. The molecule has 2 atom stereocenters. The Morgan fingerprint density at radius 1 is 0.617 bits per heavy atom. The minimum Gasteiger partial charge on any atom is -0.544 e. The number of nitrogens with zero attached hydrogens (tertiary/aromatic N) is 1. The van der Waals surface area contributed by atoms with Crippen molar-refractivity contribution in [1.29, 1.82) is 0 Å². The van der Waals surface area contributed by atoms with E-state index >= 15 is 0 Å². The zero-order chi connectivity index (χ0) is 35.0. The van der Waals surface area contributed by atoms with Gasteiger partial charge in [-0.05, 0) is 25.7 Å². The van der Waals surface area contributed by atoms with E-state index in [0.29, 0.717) is 12.8 Å². The number of unbranched alkanes of at least 4 members (excludes halogenated alkanes) is 18. The molecule has 276 valence electrons. The SMILES string of the molecule is CCCCC/C=C/CCC(=O)OCC(COCCC(C(=O)[O-])[N+](C)(C)C)OC(=O)CCCCCCCCCCCCCCCCCC. The van der Waals surface area contributed by atoms with Gasteiger partial charge in [0.2, 0.25) is 0 Å². The highest BCUT2D eigenvalue weighted by molar-refractivity contribution is 5.70. The van der Waals surface area contributed by atoms with Gasteiger partial charge in [0.1, 0.15) is 12.6 Å². The van der Waals surface area contributed by atoms with E-state index in [1.54, 1.807) is 21.1 Å². The fraction of sp³-hybridized carbons (Fsp3) is 0.872. The summed E-state index contributed by atoms with van der Waals surface area (Å²) in [7, 11) is 5.39. The fourth-order valence-corrected chi connectivity index (χ4v) is 5.62. The van der Waals surface area contributed by atoms with Gasteiger partial charge < -0.3 is 28.6 Å². The molecule has 47 heavy (non-hydrogen) atoms. The van der Waals surface area contributed by atoms with E-state index in [1.165, 1.54) is 96.3 Å². The van der Waals surface area contributed by atoms with Crippen molar-refractivity contribution < 1.29 is 38.2 Å². The van der Waals surface area contributed by atoms with E-state index in [1.807, 2.05) is 6.08 Å². The molecule has 0 saturated heterocycles. The van der Waals surface area contributed by atoms with Gasteiger partial charge in [-0.2, -0.15) is 0 Å². The average Bonchev–Trinajstić information content (AvgIpc) is 3.01. The summed E-state index contributed by atoms with van der Waals surface area (Å²) in [6, 6.07) is -0.723. The van der Waals surface area contributed by atoms with Gasteiger partial charge in [-0.3, -0.25) is 9.59 Å². The second kappa shape index (κ2) is 31.3. The number of ether oxygens (including phenoxy) is 3. The van der Waals surface area contributed by atoms with Crippen molar-refractivity contribution in [1.82, 2.24) is 0 Å². The van der Waals surface area contributed by atoms with Crippen LogP contribution in [0.1, 0.15) is 168 Å². The van der Waals surface area contributed by atoms with Crippen LogP contribution >= 0.6 is 0 Å². The number of carboxylic acid groups (broad SMARTS) is 1. The zero-order valence-electron chi connectivity index (χ0n) is 31.2. The number of allylic oxidation sites excluding steroid dienone is 2. The molecule has 0 aromatic carbocycles. The Labute approximate surface area is 289 Å². The number of carbonyl (C=O) groups is 3. The van der Waals surface area contributed by atoms with E-state index in [-0.39, 0.29) is 49.1 Å². The predicted molar refractivity (Wildman–Crippen MR) is 190 cm³/mol. The number of hydrogen-bond donors (Lipinski definition) is 0. The Kier molecular flexibility index (Phi) is 30.1. The molecule has 0 saturated carbocycles. The molecule has 8 nitrogen and oxygen atoms in total. The second-order valence-corrected chi connectivity index (χ2v) is 14.2. The summed E-state index contributed by atoms with van der Waals surface area (Å²) < 4.78 is 17.0. The molecule has 0 heterocycles. The van der Waals surface area contributed by atoms with Crippen LogP contribution in [-0.2, 0) is 28.6 Å². The Hall–Kier alpha value is -1.93. The van der Waals surface area contributed by atoms with E-state index < -0.39 is 18.1 Å². The van der Waals surface area contributed by atoms with Crippen LogP contribution in [0.15, 0.2) is 12.2 Å². The van der Waals surface area contributed by atoms with Gasteiger partial charge in [0, 0.05) is 19.3 Å². The first-order valence-electron chi connectivity index (χ1n) is 19.2. The molecule has 0 aliphatic heterocycles. The summed E-state index contributed by atoms with van der Waals surface area (Å²) in [6.07, 6.45) is 29.8. The number of hydrogen-bond acceptors (Lipinski definition) is 7. The normalized spacial score (nSPS) is 13.1. The first-order valence-corrected chi connectivity index (χ1v) is 19.2. The topological polar surface area (TPSA) is 102 Å². The third-order valence-corrected chi connectivity index (χ3v) is 8.67. The molecule has 0 aliphatic carbocycles. The molecule has 8 heteroatoms. The van der Waals surface area contributed by atoms with Crippen molar-refractivity contribution in [2.45, 2.75) is 180 Å². The lowest BCUT2D eigenvalue weighted by atomic mass is 10.0. The van der Waals surface area contributed by atoms with Crippen molar-refractivity contribution in [2.24, 2.45) is 0 Å². The van der Waals surface area contributed by atoms with Crippen molar-refractivity contribution in [3.8, 4) is 0 Å². The number of esters is 2. The molecule has 0 aromatic rings. The Balaban J connectivity index is 4.33. The van der Waals surface area contributed by atoms with Crippen LogP contribution in [-0.4, -0.2) is 75.5 Å². The fourth-order valence-electron chi connectivity index (χ4n) is 5.62. The summed E-state index contributed by atoms with van der Waals surface area (Å²) >= 11 is 0. The highest BCUT2D eigenvalue weighted by Gasteiger charge is 2.25. The Morgan fingerprint density at radius 2 is 1.11 bits per heavy atom. The first-order chi connectivity index (χ1) is 22.6. The summed E-state index contributed by atoms with van der Waals surface area (Å²) in [5.41, 5.74) is 0. The van der Waals surface area contributed by atoms with Gasteiger partial charge in [0.15, 0.2) is 6.10 Å². The lowest BCUT2D eigenvalue weighted by Gasteiger charge is -2.34. The number of carbonyl (C=O) groups excluding carboxylic acids is 3. The summed E-state index contributed by atoms with van der Waals surface area (Å²) in [6.45, 7) is 4.56. The van der Waals surface area contributed by atoms with E-state index in [2.05, 4.69) is 19.9 Å². The maximum Gasteiger partial charge on any atom is 0.306 e. The van der Waals surface area contributed by atoms with E-state index in [9.17, 15) is 19.5 Å². The highest BCUT2D eigenvalue weighted by atomic mass is 16.6. The van der Waals surface area contributed by atoms with Crippen LogP contribution in [0.2, 0.25) is 0 Å². The molecule has 2 unspecified atom stereocenters. The predicted octanol–water partition coefficient (Wildman–Crippen LogP) is 8.24. The second-order valence-electron chi connectivity index (χ2n) is 14.2. The standard InChI is InChI=1S/C39H73NO7/c1-6-8-10-12-14-15-16-17-18-19-20-21-22-24-26-28-30-38(42)47-35(33-45-32-31-36(39(43)44)40(3,4)5)34-46-37(41)29-27-25-23-13-11-9-7-2/h23,25,35-36H,6-22,24,26-34H2,1-5H3/b25-23+. The summed E-state index contributed by atoms with van der Waals surface area (Å²) in [5, 5.41) is 11.5.